The molecule has 88 valence electrons. The van der Waals surface area contributed by atoms with Crippen LogP contribution in [-0.2, 0) is 4.79 Å². The van der Waals surface area contributed by atoms with Gasteiger partial charge in [0, 0.05) is 18.2 Å². The Labute approximate surface area is 99.9 Å². The van der Waals surface area contributed by atoms with Crippen LogP contribution in [0, 0.1) is 0 Å². The molecule has 0 unspecified atom stereocenters. The molecule has 4 nitrogen and oxygen atoms in total. The molecule has 0 bridgehead atoms. The minimum atomic E-state index is 0.370. The number of carbonyl (C=O) groups excluding carboxylic acids is 1. The maximum absolute atomic E-state index is 10.2. The van der Waals surface area contributed by atoms with E-state index >= 15 is 0 Å². The van der Waals surface area contributed by atoms with Crippen molar-refractivity contribution in [2.75, 3.05) is 13.2 Å². The Bertz CT molecular complexity index is 418. The van der Waals surface area contributed by atoms with E-state index in [1.54, 1.807) is 30.4 Å². The summed E-state index contributed by atoms with van der Waals surface area (Å²) < 4.78 is 10.7. The van der Waals surface area contributed by atoms with E-state index in [1.807, 2.05) is 0 Å². The van der Waals surface area contributed by atoms with E-state index in [0.717, 1.165) is 0 Å². The normalized spacial score (nSPS) is 8.94. The number of hydrogen-bond acceptors (Lipinski definition) is 4. The van der Waals surface area contributed by atoms with E-state index in [1.165, 1.54) is 6.08 Å². The fourth-order valence-electron chi connectivity index (χ4n) is 1.15. The predicted molar refractivity (Wildman–Crippen MR) is 65.6 cm³/mol. The van der Waals surface area contributed by atoms with Crippen molar-refractivity contribution in [1.29, 1.82) is 0 Å². The average Bonchev–Trinajstić information content (AvgIpc) is 2.34. The molecule has 0 spiro atoms. The molecule has 0 saturated heterocycles. The van der Waals surface area contributed by atoms with E-state index < -0.39 is 0 Å². The Morgan fingerprint density at radius 1 is 1.12 bits per heavy atom. The third-order valence-corrected chi connectivity index (χ3v) is 1.78. The number of nitrogens with zero attached hydrogens (tertiary/aromatic N) is 1. The molecule has 4 heteroatoms. The van der Waals surface area contributed by atoms with Gasteiger partial charge in [0.2, 0.25) is 6.08 Å². The highest BCUT2D eigenvalue weighted by atomic mass is 16.5. The predicted octanol–water partition coefficient (Wildman–Crippen LogP) is 2.78. The van der Waals surface area contributed by atoms with Crippen molar-refractivity contribution >= 4 is 11.8 Å². The summed E-state index contributed by atoms with van der Waals surface area (Å²) >= 11 is 0. The summed E-state index contributed by atoms with van der Waals surface area (Å²) in [5.41, 5.74) is 0.431. The molecule has 0 fully saturated rings. The highest BCUT2D eigenvalue weighted by Crippen LogP contribution is 2.27. The molecule has 0 amide bonds. The summed E-state index contributed by atoms with van der Waals surface area (Å²) in [4.78, 5) is 13.7. The molecule has 1 aromatic rings. The number of isocyanates is 1. The summed E-state index contributed by atoms with van der Waals surface area (Å²) in [6, 6.07) is 4.95. The van der Waals surface area contributed by atoms with Crippen LogP contribution in [0.25, 0.3) is 0 Å². The first-order valence-electron chi connectivity index (χ1n) is 5.00. The van der Waals surface area contributed by atoms with Crippen LogP contribution in [0.1, 0.15) is 0 Å². The molecule has 0 aliphatic carbocycles. The van der Waals surface area contributed by atoms with E-state index in [9.17, 15) is 4.79 Å². The SMILES string of the molecule is C=CCOc1cc(N=C=O)cc(OCC=C)c1. The Morgan fingerprint density at radius 3 is 2.06 bits per heavy atom. The zero-order valence-electron chi connectivity index (χ0n) is 9.39. The van der Waals surface area contributed by atoms with Gasteiger partial charge in [-0.3, -0.25) is 0 Å². The van der Waals surface area contributed by atoms with Crippen molar-refractivity contribution in [2.45, 2.75) is 0 Å². The summed E-state index contributed by atoms with van der Waals surface area (Å²) in [5.74, 6) is 1.11. The Balaban J connectivity index is 2.94. The van der Waals surface area contributed by atoms with Crippen LogP contribution < -0.4 is 9.47 Å². The van der Waals surface area contributed by atoms with Crippen LogP contribution in [-0.4, -0.2) is 19.3 Å². The zero-order chi connectivity index (χ0) is 12.5. The third-order valence-electron chi connectivity index (χ3n) is 1.78. The number of hydrogen-bond donors (Lipinski definition) is 0. The second-order valence-corrected chi connectivity index (χ2v) is 3.07. The van der Waals surface area contributed by atoms with Crippen LogP contribution in [0.5, 0.6) is 11.5 Å². The van der Waals surface area contributed by atoms with E-state index in [-0.39, 0.29) is 0 Å². The molecule has 0 radical (unpaired) electrons. The van der Waals surface area contributed by atoms with Gasteiger partial charge in [-0.2, -0.15) is 4.99 Å². The summed E-state index contributed by atoms with van der Waals surface area (Å²) in [5, 5.41) is 0. The van der Waals surface area contributed by atoms with E-state index in [0.29, 0.717) is 30.4 Å². The first-order chi connectivity index (χ1) is 8.30. The molecule has 1 aromatic carbocycles. The van der Waals surface area contributed by atoms with E-state index in [4.69, 9.17) is 9.47 Å². The fraction of sp³-hybridized carbons (Fsp3) is 0.154. The molecule has 0 aromatic heterocycles. The standard InChI is InChI=1S/C13H13NO3/c1-3-5-16-12-7-11(14-10-15)8-13(9-12)17-6-4-2/h3-4,7-9H,1-2,5-6H2. The molecule has 0 saturated carbocycles. The Kier molecular flexibility index (Phi) is 5.28. The van der Waals surface area contributed by atoms with Crippen molar-refractivity contribution in [3.63, 3.8) is 0 Å². The molecular formula is C13H13NO3. The van der Waals surface area contributed by atoms with Gasteiger partial charge in [-0.25, -0.2) is 4.79 Å². The van der Waals surface area contributed by atoms with Gasteiger partial charge in [-0.1, -0.05) is 25.3 Å². The van der Waals surface area contributed by atoms with Crippen LogP contribution in [0.3, 0.4) is 0 Å². The van der Waals surface area contributed by atoms with Crippen molar-refractivity contribution in [3.8, 4) is 11.5 Å². The van der Waals surface area contributed by atoms with Crippen LogP contribution in [0.15, 0.2) is 48.5 Å². The van der Waals surface area contributed by atoms with Gasteiger partial charge in [-0.05, 0) is 0 Å². The molecular weight excluding hydrogens is 218 g/mol. The lowest BCUT2D eigenvalue weighted by Gasteiger charge is -2.08. The monoisotopic (exact) mass is 231 g/mol. The highest BCUT2D eigenvalue weighted by Gasteiger charge is 2.02. The number of aliphatic imine (C=N–C) groups is 1. The fourth-order valence-corrected chi connectivity index (χ4v) is 1.15. The van der Waals surface area contributed by atoms with Crippen molar-refractivity contribution < 1.29 is 14.3 Å². The molecule has 0 aliphatic heterocycles. The van der Waals surface area contributed by atoms with Gasteiger partial charge >= 0.3 is 0 Å². The maximum atomic E-state index is 10.2. The molecule has 0 atom stereocenters. The molecule has 0 aliphatic rings. The number of benzene rings is 1. The Hall–Kier alpha value is -2.32. The Morgan fingerprint density at radius 2 is 1.65 bits per heavy atom. The van der Waals surface area contributed by atoms with Gasteiger partial charge < -0.3 is 9.47 Å². The minimum Gasteiger partial charge on any atom is -0.489 e. The quantitative estimate of drug-likeness (QED) is 0.412. The lowest BCUT2D eigenvalue weighted by molar-refractivity contribution is 0.345. The third kappa shape index (κ3) is 4.36. The zero-order valence-corrected chi connectivity index (χ0v) is 9.39. The van der Waals surface area contributed by atoms with Gasteiger partial charge in [-0.15, -0.1) is 0 Å². The number of ether oxygens (including phenoxy) is 2. The van der Waals surface area contributed by atoms with Crippen LogP contribution in [0.4, 0.5) is 5.69 Å². The van der Waals surface area contributed by atoms with E-state index in [2.05, 4.69) is 18.2 Å². The molecule has 0 heterocycles. The van der Waals surface area contributed by atoms with Gasteiger partial charge in [0.05, 0.1) is 5.69 Å². The first kappa shape index (κ1) is 12.7. The average molecular weight is 231 g/mol. The second-order valence-electron chi connectivity index (χ2n) is 3.07. The minimum absolute atomic E-state index is 0.370. The van der Waals surface area contributed by atoms with Crippen molar-refractivity contribution in [3.05, 3.63) is 43.5 Å². The van der Waals surface area contributed by atoms with Gasteiger partial charge in [0.25, 0.3) is 0 Å². The molecule has 1 rings (SSSR count). The topological polar surface area (TPSA) is 47.9 Å². The molecule has 17 heavy (non-hydrogen) atoms. The second kappa shape index (κ2) is 7.04. The maximum Gasteiger partial charge on any atom is 0.240 e. The van der Waals surface area contributed by atoms with Crippen LogP contribution >= 0.6 is 0 Å². The summed E-state index contributed by atoms with van der Waals surface area (Å²) in [6.07, 6.45) is 4.72. The summed E-state index contributed by atoms with van der Waals surface area (Å²) in [7, 11) is 0. The number of rotatable bonds is 7. The highest BCUT2D eigenvalue weighted by molar-refractivity contribution is 5.55. The summed E-state index contributed by atoms with van der Waals surface area (Å²) in [6.45, 7) is 7.84. The molecule has 0 N–H and O–H groups in total. The van der Waals surface area contributed by atoms with Crippen molar-refractivity contribution in [1.82, 2.24) is 0 Å². The lowest BCUT2D eigenvalue weighted by Crippen LogP contribution is -1.96. The first-order valence-corrected chi connectivity index (χ1v) is 5.00. The lowest BCUT2D eigenvalue weighted by atomic mass is 10.3. The smallest absolute Gasteiger partial charge is 0.240 e. The van der Waals surface area contributed by atoms with Crippen LogP contribution in [0.2, 0.25) is 0 Å². The van der Waals surface area contributed by atoms with Crippen molar-refractivity contribution in [2.24, 2.45) is 4.99 Å². The largest absolute Gasteiger partial charge is 0.489 e. The van der Waals surface area contributed by atoms with Gasteiger partial charge in [0.15, 0.2) is 0 Å². The van der Waals surface area contributed by atoms with Gasteiger partial charge in [0.1, 0.15) is 24.7 Å².